The van der Waals surface area contributed by atoms with Crippen LogP contribution in [-0.2, 0) is 6.54 Å². The molecule has 0 bridgehead atoms. The Kier molecular flexibility index (Phi) is 5.38. The van der Waals surface area contributed by atoms with E-state index in [-0.39, 0.29) is 5.82 Å². The van der Waals surface area contributed by atoms with Crippen LogP contribution in [-0.4, -0.2) is 11.1 Å². The van der Waals surface area contributed by atoms with E-state index in [1.165, 1.54) is 11.8 Å². The van der Waals surface area contributed by atoms with Crippen molar-refractivity contribution in [3.8, 4) is 0 Å². The molecule has 0 fully saturated rings. The van der Waals surface area contributed by atoms with Gasteiger partial charge in [-0.2, -0.15) is 0 Å². The van der Waals surface area contributed by atoms with Crippen LogP contribution in [0.4, 0.5) is 4.39 Å². The Bertz CT molecular complexity index is 545. The van der Waals surface area contributed by atoms with Crippen LogP contribution in [0, 0.1) is 5.82 Å². The molecular formula is C16H20BrFN2. The summed E-state index contributed by atoms with van der Waals surface area (Å²) in [5.74, 6) is -0.208. The van der Waals surface area contributed by atoms with E-state index in [1.807, 2.05) is 18.3 Å². The zero-order chi connectivity index (χ0) is 14.5. The molecule has 2 nitrogen and oxygen atoms in total. The molecule has 0 amide bonds. The van der Waals surface area contributed by atoms with Gasteiger partial charge in [0.15, 0.2) is 0 Å². The average Bonchev–Trinajstić information content (AvgIpc) is 2.82. The Labute approximate surface area is 128 Å². The van der Waals surface area contributed by atoms with Crippen molar-refractivity contribution in [2.45, 2.75) is 32.9 Å². The molecule has 1 aromatic heterocycles. The minimum absolute atomic E-state index is 0.208. The maximum Gasteiger partial charge on any atom is 0.124 e. The molecule has 0 spiro atoms. The van der Waals surface area contributed by atoms with E-state index < -0.39 is 0 Å². The maximum atomic E-state index is 13.4. The molecular weight excluding hydrogens is 319 g/mol. The predicted octanol–water partition coefficient (Wildman–Crippen LogP) is 4.50. The van der Waals surface area contributed by atoms with E-state index in [0.29, 0.717) is 12.6 Å². The monoisotopic (exact) mass is 338 g/mol. The van der Waals surface area contributed by atoms with Gasteiger partial charge in [-0.25, -0.2) is 4.39 Å². The number of hydrogen-bond acceptors (Lipinski definition) is 1. The number of hydrogen-bond donors (Lipinski definition) is 1. The summed E-state index contributed by atoms with van der Waals surface area (Å²) in [6.07, 6.45) is 3.15. The second-order valence-corrected chi connectivity index (χ2v) is 5.93. The summed E-state index contributed by atoms with van der Waals surface area (Å²) < 4.78 is 16.4. The smallest absolute Gasteiger partial charge is 0.124 e. The van der Waals surface area contributed by atoms with Crippen LogP contribution in [0.15, 0.2) is 41.0 Å². The fraction of sp³-hybridized carbons (Fsp3) is 0.375. The maximum absolute atomic E-state index is 13.4. The molecule has 1 unspecified atom stereocenters. The van der Waals surface area contributed by atoms with Gasteiger partial charge in [-0.05, 0) is 55.8 Å². The van der Waals surface area contributed by atoms with E-state index >= 15 is 0 Å². The molecule has 0 aliphatic heterocycles. The van der Waals surface area contributed by atoms with Crippen LogP contribution in [0.25, 0.3) is 0 Å². The van der Waals surface area contributed by atoms with E-state index in [9.17, 15) is 4.39 Å². The van der Waals surface area contributed by atoms with Crippen LogP contribution in [0.2, 0.25) is 0 Å². The third-order valence-electron chi connectivity index (χ3n) is 3.28. The summed E-state index contributed by atoms with van der Waals surface area (Å²) in [6, 6.07) is 9.46. The molecule has 1 atom stereocenters. The van der Waals surface area contributed by atoms with Crippen LogP contribution < -0.4 is 5.32 Å². The molecule has 0 aliphatic carbocycles. The molecule has 0 saturated heterocycles. The first-order valence-electron chi connectivity index (χ1n) is 6.93. The molecule has 1 heterocycles. The van der Waals surface area contributed by atoms with Gasteiger partial charge < -0.3 is 9.88 Å². The molecule has 108 valence electrons. The zero-order valence-electron chi connectivity index (χ0n) is 11.9. The van der Waals surface area contributed by atoms with Gasteiger partial charge in [0.2, 0.25) is 0 Å². The van der Waals surface area contributed by atoms with Crippen LogP contribution in [0.5, 0.6) is 0 Å². The van der Waals surface area contributed by atoms with Crippen LogP contribution >= 0.6 is 15.9 Å². The summed E-state index contributed by atoms with van der Waals surface area (Å²) in [7, 11) is 0. The number of rotatable bonds is 6. The fourth-order valence-corrected chi connectivity index (χ4v) is 2.84. The first kappa shape index (κ1) is 15.3. The second-order valence-electron chi connectivity index (χ2n) is 5.01. The number of benzene rings is 1. The number of nitrogens with zero attached hydrogens (tertiary/aromatic N) is 1. The number of nitrogens with one attached hydrogen (secondary N) is 1. The van der Waals surface area contributed by atoms with Crippen molar-refractivity contribution in [2.24, 2.45) is 0 Å². The Balaban J connectivity index is 2.15. The summed E-state index contributed by atoms with van der Waals surface area (Å²) >= 11 is 3.34. The van der Waals surface area contributed by atoms with Crippen molar-refractivity contribution in [2.75, 3.05) is 6.54 Å². The van der Waals surface area contributed by atoms with Crippen LogP contribution in [0.1, 0.15) is 37.6 Å². The van der Waals surface area contributed by atoms with E-state index in [0.717, 1.165) is 23.0 Å². The first-order chi connectivity index (χ1) is 9.60. The van der Waals surface area contributed by atoms with E-state index in [1.54, 1.807) is 6.07 Å². The lowest BCUT2D eigenvalue weighted by molar-refractivity contribution is 0.534. The highest BCUT2D eigenvalue weighted by Crippen LogP contribution is 2.19. The van der Waals surface area contributed by atoms with Gasteiger partial charge in [0.25, 0.3) is 0 Å². The normalized spacial score (nSPS) is 12.6. The summed E-state index contributed by atoms with van der Waals surface area (Å²) in [4.78, 5) is 0. The SMILES string of the molecule is CCCNC(C)c1cccn1Cc1cc(F)cc(Br)c1. The molecule has 1 N–H and O–H groups in total. The lowest BCUT2D eigenvalue weighted by Gasteiger charge is -2.17. The lowest BCUT2D eigenvalue weighted by Crippen LogP contribution is -2.22. The highest BCUT2D eigenvalue weighted by Gasteiger charge is 2.10. The van der Waals surface area contributed by atoms with Crippen LogP contribution in [0.3, 0.4) is 0 Å². The van der Waals surface area contributed by atoms with Gasteiger partial charge in [0.05, 0.1) is 0 Å². The first-order valence-corrected chi connectivity index (χ1v) is 7.73. The van der Waals surface area contributed by atoms with Crippen molar-refractivity contribution in [3.63, 3.8) is 0 Å². The standard InChI is InChI=1S/C16H20BrFN2/c1-3-6-19-12(2)16-5-4-7-20(16)11-13-8-14(17)10-15(18)9-13/h4-5,7-10,12,19H,3,6,11H2,1-2H3. The minimum Gasteiger partial charge on any atom is -0.346 e. The molecule has 0 saturated carbocycles. The summed E-state index contributed by atoms with van der Waals surface area (Å²) in [5, 5.41) is 3.48. The van der Waals surface area contributed by atoms with E-state index in [2.05, 4.69) is 45.7 Å². The predicted molar refractivity (Wildman–Crippen MR) is 84.3 cm³/mol. The van der Waals surface area contributed by atoms with Crippen molar-refractivity contribution >= 4 is 15.9 Å². The Morgan fingerprint density at radius 1 is 1.35 bits per heavy atom. The van der Waals surface area contributed by atoms with Gasteiger partial charge in [0.1, 0.15) is 5.82 Å². The Morgan fingerprint density at radius 3 is 2.85 bits per heavy atom. The highest BCUT2D eigenvalue weighted by molar-refractivity contribution is 9.10. The highest BCUT2D eigenvalue weighted by atomic mass is 79.9. The zero-order valence-corrected chi connectivity index (χ0v) is 13.5. The Hall–Kier alpha value is -1.13. The molecule has 2 rings (SSSR count). The largest absolute Gasteiger partial charge is 0.346 e. The molecule has 1 aromatic carbocycles. The molecule has 4 heteroatoms. The van der Waals surface area contributed by atoms with Crippen molar-refractivity contribution in [3.05, 3.63) is 58.1 Å². The summed E-state index contributed by atoms with van der Waals surface area (Å²) in [5.41, 5.74) is 2.18. The second kappa shape index (κ2) is 7.04. The number of aromatic nitrogens is 1. The topological polar surface area (TPSA) is 17.0 Å². The minimum atomic E-state index is -0.208. The summed E-state index contributed by atoms with van der Waals surface area (Å²) in [6.45, 7) is 5.99. The van der Waals surface area contributed by atoms with Gasteiger partial charge in [-0.3, -0.25) is 0 Å². The molecule has 20 heavy (non-hydrogen) atoms. The quantitative estimate of drug-likeness (QED) is 0.820. The van der Waals surface area contributed by atoms with Crippen molar-refractivity contribution < 1.29 is 4.39 Å². The van der Waals surface area contributed by atoms with Crippen molar-refractivity contribution in [1.82, 2.24) is 9.88 Å². The van der Waals surface area contributed by atoms with Gasteiger partial charge in [0, 0.05) is 29.0 Å². The molecule has 0 radical (unpaired) electrons. The van der Waals surface area contributed by atoms with Gasteiger partial charge >= 0.3 is 0 Å². The van der Waals surface area contributed by atoms with Crippen molar-refractivity contribution in [1.29, 1.82) is 0 Å². The average molecular weight is 339 g/mol. The van der Waals surface area contributed by atoms with Gasteiger partial charge in [-0.15, -0.1) is 0 Å². The third-order valence-corrected chi connectivity index (χ3v) is 3.74. The van der Waals surface area contributed by atoms with Gasteiger partial charge in [-0.1, -0.05) is 22.9 Å². The fourth-order valence-electron chi connectivity index (χ4n) is 2.33. The Morgan fingerprint density at radius 2 is 2.15 bits per heavy atom. The molecule has 0 aliphatic rings. The third kappa shape index (κ3) is 3.93. The van der Waals surface area contributed by atoms with E-state index in [4.69, 9.17) is 0 Å². The number of halogens is 2. The molecule has 2 aromatic rings. The lowest BCUT2D eigenvalue weighted by atomic mass is 10.2.